The van der Waals surface area contributed by atoms with Crippen LogP contribution in [0.25, 0.3) is 5.41 Å². The fourth-order valence-corrected chi connectivity index (χ4v) is 0.263. The molecule has 2 nitrogen and oxygen atoms in total. The molecule has 0 unspecified atom stereocenters. The number of allylic oxidation sites excluding steroid dienone is 1. The summed E-state index contributed by atoms with van der Waals surface area (Å²) in [6.07, 6.45) is -4.92. The zero-order chi connectivity index (χ0) is 13.8. The predicted octanol–water partition coefficient (Wildman–Crippen LogP) is 5.61. The monoisotopic (exact) mass is 356 g/mol. The summed E-state index contributed by atoms with van der Waals surface area (Å²) in [7, 11) is 0. The number of carbonyl (C=O) groups is 1. The molecule has 0 saturated carbocycles. The summed E-state index contributed by atoms with van der Waals surface area (Å²) in [5.41, 5.74) is -0.840. The van der Waals surface area contributed by atoms with Crippen LogP contribution >= 0.6 is 59.6 Å². The van der Waals surface area contributed by atoms with Crippen molar-refractivity contribution in [1.82, 2.24) is 0 Å². The van der Waals surface area contributed by atoms with Crippen LogP contribution < -0.4 is 0 Å². The van der Waals surface area contributed by atoms with Gasteiger partial charge < -0.3 is 5.41 Å². The molecule has 0 amide bonds. The van der Waals surface area contributed by atoms with Crippen LogP contribution in [0.3, 0.4) is 0 Å². The SMILES string of the molecule is CC(=C=[N-])C(=O)C(F)(F)F.ClP(Cl)(Cl)(Cl)Cl. The molecule has 0 heterocycles. The summed E-state index contributed by atoms with van der Waals surface area (Å²) < 4.78 is 30.4. The average Bonchev–Trinajstić information content (AvgIpc) is 1.95. The summed E-state index contributed by atoms with van der Waals surface area (Å²) in [6.45, 7) is 0.829. The Morgan fingerprint density at radius 3 is 1.50 bits per heavy atom. The van der Waals surface area contributed by atoms with E-state index in [1.165, 1.54) is 0 Å². The van der Waals surface area contributed by atoms with Crippen LogP contribution in [-0.2, 0) is 4.79 Å². The molecule has 0 N–H and O–H groups in total. The van der Waals surface area contributed by atoms with Gasteiger partial charge in [0, 0.05) is 5.57 Å². The van der Waals surface area contributed by atoms with Crippen molar-refractivity contribution in [2.45, 2.75) is 13.1 Å². The number of carbonyl (C=O) groups excluding carboxylic acids is 1. The van der Waals surface area contributed by atoms with Gasteiger partial charge in [0.1, 0.15) is 0 Å². The molecule has 0 rings (SSSR count). The maximum atomic E-state index is 11.4. The first-order valence-corrected chi connectivity index (χ1v) is 9.85. The van der Waals surface area contributed by atoms with Crippen molar-refractivity contribution in [3.05, 3.63) is 11.0 Å². The number of ketones is 1. The van der Waals surface area contributed by atoms with Crippen LogP contribution in [0.15, 0.2) is 5.57 Å². The van der Waals surface area contributed by atoms with E-state index in [-0.39, 0.29) is 0 Å². The summed E-state index contributed by atoms with van der Waals surface area (Å²) >= 11 is 24.9. The summed E-state index contributed by atoms with van der Waals surface area (Å²) in [5, 5.41) is 7.86. The van der Waals surface area contributed by atoms with Gasteiger partial charge in [0.15, 0.2) is 0 Å². The number of hydrogen-bond donors (Lipinski definition) is 0. The van der Waals surface area contributed by atoms with E-state index >= 15 is 0 Å². The summed E-state index contributed by atoms with van der Waals surface area (Å²) in [6, 6.07) is 0. The molecular weight excluding hydrogens is 355 g/mol. The van der Waals surface area contributed by atoms with Crippen molar-refractivity contribution in [2.75, 3.05) is 0 Å². The number of hydrogen-bond acceptors (Lipinski definition) is 1. The van der Waals surface area contributed by atoms with E-state index in [0.717, 1.165) is 12.8 Å². The van der Waals surface area contributed by atoms with E-state index in [9.17, 15) is 18.0 Å². The summed E-state index contributed by atoms with van der Waals surface area (Å²) in [5.74, 6) is -0.956. The third-order valence-electron chi connectivity index (χ3n) is 0.766. The predicted molar refractivity (Wildman–Crippen MR) is 64.8 cm³/mol. The molecule has 96 valence electrons. The van der Waals surface area contributed by atoms with Gasteiger partial charge in [-0.15, -0.1) is 0 Å². The van der Waals surface area contributed by atoms with E-state index < -0.39 is 20.9 Å². The molecule has 0 saturated heterocycles. The zero-order valence-corrected chi connectivity index (χ0v) is 12.0. The molecule has 0 bridgehead atoms. The van der Waals surface area contributed by atoms with E-state index in [4.69, 9.17) is 61.6 Å². The Labute approximate surface area is 113 Å². The molecule has 0 aliphatic heterocycles. The molecule has 0 aromatic carbocycles. The van der Waals surface area contributed by atoms with Crippen molar-refractivity contribution < 1.29 is 18.0 Å². The molecule has 11 heteroatoms. The van der Waals surface area contributed by atoms with Crippen LogP contribution in [0.5, 0.6) is 0 Å². The molecule has 0 aromatic rings. The first kappa shape index (κ1) is 19.1. The third-order valence-corrected chi connectivity index (χ3v) is 0.766. The van der Waals surface area contributed by atoms with Gasteiger partial charge in [-0.1, -0.05) is 0 Å². The molecule has 0 aromatic heterocycles. The normalized spacial score (nSPS) is 13.7. The first-order chi connectivity index (χ1) is 6.63. The van der Waals surface area contributed by atoms with Gasteiger partial charge in [-0.2, -0.15) is 13.2 Å². The molecule has 16 heavy (non-hydrogen) atoms. The van der Waals surface area contributed by atoms with Crippen LogP contribution in [0.2, 0.25) is 0 Å². The van der Waals surface area contributed by atoms with E-state index in [2.05, 4.69) is 0 Å². The molecule has 0 spiro atoms. The molecule has 0 fully saturated rings. The molecule has 0 aliphatic rings. The van der Waals surface area contributed by atoms with E-state index in [0.29, 0.717) is 0 Å². The number of halogens is 8. The van der Waals surface area contributed by atoms with Crippen molar-refractivity contribution in [3.8, 4) is 0 Å². The minimum atomic E-state index is -4.92. The van der Waals surface area contributed by atoms with E-state index in [1.54, 1.807) is 0 Å². The number of rotatable bonds is 1. The average molecular weight is 358 g/mol. The van der Waals surface area contributed by atoms with Gasteiger partial charge in [0.2, 0.25) is 0 Å². The Balaban J connectivity index is 0. The van der Waals surface area contributed by atoms with Gasteiger partial charge in [-0.05, 0) is 6.92 Å². The van der Waals surface area contributed by atoms with Crippen molar-refractivity contribution in [2.24, 2.45) is 0 Å². The van der Waals surface area contributed by atoms with Crippen molar-refractivity contribution in [3.63, 3.8) is 0 Å². The van der Waals surface area contributed by atoms with Crippen LogP contribution in [0.4, 0.5) is 13.2 Å². The fourth-order valence-electron chi connectivity index (χ4n) is 0.263. The molecular formula is C5H3Cl5F3NOP-. The number of nitrogens with zero attached hydrogens (tertiary/aromatic N) is 1. The quantitative estimate of drug-likeness (QED) is 0.341. The van der Waals surface area contributed by atoms with Crippen molar-refractivity contribution >= 4 is 71.2 Å². The summed E-state index contributed by atoms with van der Waals surface area (Å²) in [4.78, 5) is 10.0. The van der Waals surface area contributed by atoms with Crippen LogP contribution in [-0.4, -0.2) is 17.8 Å². The van der Waals surface area contributed by atoms with Gasteiger partial charge >= 0.3 is 65.7 Å². The van der Waals surface area contributed by atoms with Gasteiger partial charge in [0.05, 0.1) is 0 Å². The Kier molecular flexibility index (Phi) is 7.30. The van der Waals surface area contributed by atoms with Crippen LogP contribution in [0.1, 0.15) is 6.92 Å². The maximum absolute atomic E-state index is 11.4. The van der Waals surface area contributed by atoms with Crippen LogP contribution in [0, 0.1) is 0 Å². The van der Waals surface area contributed by atoms with Gasteiger partial charge in [-0.25, -0.2) is 0 Å². The number of Topliss-reactive ketones (excluding diaryl/α,β-unsaturated/α-hetero) is 1. The molecule has 0 atom stereocenters. The second-order valence-electron chi connectivity index (χ2n) is 2.20. The minimum absolute atomic E-state index is 0.829. The van der Waals surface area contributed by atoms with E-state index in [1.807, 2.05) is 0 Å². The topological polar surface area (TPSA) is 39.4 Å². The third kappa shape index (κ3) is 17.2. The number of alkyl halides is 3. The fraction of sp³-hybridized carbons (Fsp3) is 0.400. The zero-order valence-electron chi connectivity index (χ0n) is 7.33. The van der Waals surface area contributed by atoms with Crippen molar-refractivity contribution in [1.29, 1.82) is 0 Å². The molecule has 0 aliphatic carbocycles. The van der Waals surface area contributed by atoms with Gasteiger partial charge in [0.25, 0.3) is 5.78 Å². The Morgan fingerprint density at radius 1 is 1.19 bits per heavy atom. The van der Waals surface area contributed by atoms with Gasteiger partial charge in [-0.3, -0.25) is 10.7 Å². The standard InChI is InChI=1S/C5H3F3NO.Cl5P/c1-3(2-9)4(10)5(6,7)8;1-6(2,3,4)5/h1H3;/q-1;. The Bertz CT molecular complexity index is 310. The second-order valence-corrected chi connectivity index (χ2v) is 18.8. The Morgan fingerprint density at radius 2 is 1.44 bits per heavy atom. The molecule has 0 radical (unpaired) electrons. The first-order valence-electron chi connectivity index (χ1n) is 3.09. The second kappa shape index (κ2) is 6.10. The Hall–Kier alpha value is 0.790.